The van der Waals surface area contributed by atoms with E-state index in [1.165, 1.54) is 35.6 Å². The molecule has 2 aromatic carbocycles. The topological polar surface area (TPSA) is 87.5 Å². The number of aromatic nitrogens is 1. The number of aromatic hydroxyl groups is 2. The van der Waals surface area contributed by atoms with E-state index in [-0.39, 0.29) is 39.5 Å². The number of nitrogens with zero attached hydrogens (tertiary/aromatic N) is 1. The Labute approximate surface area is 122 Å². The van der Waals surface area contributed by atoms with Crippen molar-refractivity contribution >= 4 is 33.1 Å². The number of phenols is 2. The third-order valence-corrected chi connectivity index (χ3v) is 4.43. The van der Waals surface area contributed by atoms with Crippen LogP contribution in [0.4, 0.5) is 0 Å². The smallest absolute Gasteiger partial charge is 0.202 e. The Kier molecular flexibility index (Phi) is 2.23. The summed E-state index contributed by atoms with van der Waals surface area (Å²) < 4.78 is 0.565. The van der Waals surface area contributed by atoms with Gasteiger partial charge in [0.05, 0.1) is 32.4 Å². The minimum atomic E-state index is -0.550. The molecule has 4 rings (SSSR count). The largest absolute Gasteiger partial charge is 0.507 e. The van der Waals surface area contributed by atoms with Crippen molar-refractivity contribution in [2.24, 2.45) is 0 Å². The van der Waals surface area contributed by atoms with Gasteiger partial charge in [-0.05, 0) is 6.07 Å². The van der Waals surface area contributed by atoms with E-state index >= 15 is 0 Å². The highest BCUT2D eigenvalue weighted by molar-refractivity contribution is 7.17. The van der Waals surface area contributed by atoms with Gasteiger partial charge in [0, 0.05) is 11.6 Å². The second kappa shape index (κ2) is 3.89. The Morgan fingerprint density at radius 1 is 0.952 bits per heavy atom. The van der Waals surface area contributed by atoms with Gasteiger partial charge in [-0.15, -0.1) is 11.3 Å². The second-order valence-electron chi connectivity index (χ2n) is 4.70. The van der Waals surface area contributed by atoms with Gasteiger partial charge in [-0.3, -0.25) is 9.59 Å². The molecule has 102 valence electrons. The lowest BCUT2D eigenvalue weighted by Crippen LogP contribution is -2.21. The van der Waals surface area contributed by atoms with Crippen LogP contribution in [0.1, 0.15) is 31.8 Å². The molecule has 0 fully saturated rings. The maximum absolute atomic E-state index is 12.7. The number of benzene rings is 2. The highest BCUT2D eigenvalue weighted by Crippen LogP contribution is 2.40. The van der Waals surface area contributed by atoms with Crippen molar-refractivity contribution in [3.05, 3.63) is 52.0 Å². The summed E-state index contributed by atoms with van der Waals surface area (Å²) in [6, 6.07) is 5.71. The lowest BCUT2D eigenvalue weighted by atomic mass is 9.83. The van der Waals surface area contributed by atoms with Gasteiger partial charge in [0.25, 0.3) is 0 Å². The second-order valence-corrected chi connectivity index (χ2v) is 5.56. The Bertz CT molecular complexity index is 958. The van der Waals surface area contributed by atoms with E-state index in [2.05, 4.69) is 4.98 Å². The summed E-state index contributed by atoms with van der Waals surface area (Å²) in [5, 5.41) is 20.0. The summed E-state index contributed by atoms with van der Waals surface area (Å²) >= 11 is 1.24. The maximum Gasteiger partial charge on any atom is 0.202 e. The number of ketones is 2. The van der Waals surface area contributed by atoms with Gasteiger partial charge in [0.2, 0.25) is 5.78 Å². The first-order valence-electron chi connectivity index (χ1n) is 6.10. The fraction of sp³-hybridized carbons (Fsp3) is 0. The zero-order chi connectivity index (χ0) is 14.7. The van der Waals surface area contributed by atoms with Crippen molar-refractivity contribution in [1.82, 2.24) is 4.98 Å². The molecule has 0 radical (unpaired) electrons. The van der Waals surface area contributed by atoms with Gasteiger partial charge in [-0.1, -0.05) is 12.1 Å². The molecule has 1 heterocycles. The zero-order valence-corrected chi connectivity index (χ0v) is 11.3. The molecule has 0 aliphatic heterocycles. The first-order chi connectivity index (χ1) is 10.1. The van der Waals surface area contributed by atoms with E-state index < -0.39 is 5.78 Å². The lowest BCUT2D eigenvalue weighted by molar-refractivity contribution is 0.0975. The van der Waals surface area contributed by atoms with Gasteiger partial charge in [0.15, 0.2) is 5.78 Å². The highest BCUT2D eigenvalue weighted by Gasteiger charge is 2.36. The number of hydrogen-bond donors (Lipinski definition) is 2. The summed E-state index contributed by atoms with van der Waals surface area (Å²) in [7, 11) is 0. The Hall–Kier alpha value is -2.73. The molecule has 0 spiro atoms. The molecule has 21 heavy (non-hydrogen) atoms. The normalized spacial score (nSPS) is 13.3. The molecular formula is C15H7NO4S. The van der Waals surface area contributed by atoms with Crippen LogP contribution in [0.3, 0.4) is 0 Å². The van der Waals surface area contributed by atoms with Crippen LogP contribution in [0.15, 0.2) is 29.8 Å². The molecule has 0 unspecified atom stereocenters. The summed E-state index contributed by atoms with van der Waals surface area (Å²) in [5.41, 5.74) is 2.21. The number of phenolic OH excluding ortho intramolecular Hbond substituents is 2. The monoisotopic (exact) mass is 297 g/mol. The van der Waals surface area contributed by atoms with Crippen molar-refractivity contribution in [2.45, 2.75) is 0 Å². The summed E-state index contributed by atoms with van der Waals surface area (Å²) in [4.78, 5) is 29.3. The Morgan fingerprint density at radius 3 is 2.57 bits per heavy atom. The third-order valence-electron chi connectivity index (χ3n) is 3.57. The van der Waals surface area contributed by atoms with Crippen LogP contribution in [0.5, 0.6) is 11.5 Å². The summed E-state index contributed by atoms with van der Waals surface area (Å²) in [6.07, 6.45) is 0. The van der Waals surface area contributed by atoms with E-state index in [1.807, 2.05) is 0 Å². The van der Waals surface area contributed by atoms with Crippen molar-refractivity contribution < 1.29 is 19.8 Å². The third kappa shape index (κ3) is 1.42. The Morgan fingerprint density at radius 2 is 1.76 bits per heavy atom. The molecule has 0 atom stereocenters. The number of thiazole rings is 1. The van der Waals surface area contributed by atoms with Crippen molar-refractivity contribution in [2.75, 3.05) is 0 Å². The molecule has 0 amide bonds. The minimum Gasteiger partial charge on any atom is -0.507 e. The highest BCUT2D eigenvalue weighted by atomic mass is 32.1. The van der Waals surface area contributed by atoms with Gasteiger partial charge in [-0.25, -0.2) is 4.98 Å². The zero-order valence-electron chi connectivity index (χ0n) is 10.5. The first kappa shape index (κ1) is 12.0. The quantitative estimate of drug-likeness (QED) is 0.520. The maximum atomic E-state index is 12.7. The lowest BCUT2D eigenvalue weighted by Gasteiger charge is -2.19. The molecule has 2 N–H and O–H groups in total. The number of carbonyl (C=O) groups excluding carboxylic acids is 2. The molecule has 0 saturated carbocycles. The van der Waals surface area contributed by atoms with Gasteiger partial charge in [-0.2, -0.15) is 0 Å². The molecule has 5 nitrogen and oxygen atoms in total. The van der Waals surface area contributed by atoms with Crippen LogP contribution < -0.4 is 0 Å². The fourth-order valence-corrected chi connectivity index (χ4v) is 3.48. The average molecular weight is 297 g/mol. The van der Waals surface area contributed by atoms with Gasteiger partial charge >= 0.3 is 0 Å². The van der Waals surface area contributed by atoms with E-state index in [0.29, 0.717) is 10.2 Å². The van der Waals surface area contributed by atoms with Gasteiger partial charge in [0.1, 0.15) is 11.5 Å². The predicted octanol–water partition coefficient (Wildman–Crippen LogP) is 2.48. The molecule has 6 heteroatoms. The standard InChI is InChI=1S/C15H7NO4S/c17-8-3-1-2-6-10(8)14(20)11-9(18)4-7-15(21-5-16-7)12(11)13(6)19/h1-5,17-18H. The van der Waals surface area contributed by atoms with E-state index in [4.69, 9.17) is 0 Å². The molecule has 3 aromatic rings. The number of hydrogen-bond acceptors (Lipinski definition) is 6. The van der Waals surface area contributed by atoms with E-state index in [0.717, 1.165) is 0 Å². The van der Waals surface area contributed by atoms with Gasteiger partial charge < -0.3 is 10.2 Å². The Balaban J connectivity index is 2.18. The number of carbonyl (C=O) groups is 2. The molecule has 1 aliphatic carbocycles. The van der Waals surface area contributed by atoms with E-state index in [9.17, 15) is 19.8 Å². The SMILES string of the molecule is O=C1c2c(O)cccc2C(=O)c2c1c(O)cc1ncsc21. The van der Waals surface area contributed by atoms with Crippen LogP contribution in [0.25, 0.3) is 10.2 Å². The first-order valence-corrected chi connectivity index (χ1v) is 6.98. The molecular weight excluding hydrogens is 290 g/mol. The minimum absolute atomic E-state index is 0.0610. The molecule has 1 aliphatic rings. The summed E-state index contributed by atoms with van der Waals surface area (Å²) in [5.74, 6) is -1.50. The summed E-state index contributed by atoms with van der Waals surface area (Å²) in [6.45, 7) is 0. The molecule has 0 saturated heterocycles. The van der Waals surface area contributed by atoms with Crippen LogP contribution >= 0.6 is 11.3 Å². The van der Waals surface area contributed by atoms with E-state index in [1.54, 1.807) is 5.51 Å². The van der Waals surface area contributed by atoms with Crippen molar-refractivity contribution in [1.29, 1.82) is 0 Å². The van der Waals surface area contributed by atoms with Crippen LogP contribution in [0, 0.1) is 0 Å². The van der Waals surface area contributed by atoms with Crippen LogP contribution in [-0.4, -0.2) is 26.8 Å². The molecule has 1 aromatic heterocycles. The fourth-order valence-electron chi connectivity index (χ4n) is 2.66. The van der Waals surface area contributed by atoms with Crippen molar-refractivity contribution in [3.63, 3.8) is 0 Å². The van der Waals surface area contributed by atoms with Crippen molar-refractivity contribution in [3.8, 4) is 11.5 Å². The average Bonchev–Trinajstić information content (AvgIpc) is 2.91. The molecule has 0 bridgehead atoms. The number of fused-ring (bicyclic) bond motifs is 4. The predicted molar refractivity (Wildman–Crippen MR) is 76.3 cm³/mol. The number of rotatable bonds is 0. The van der Waals surface area contributed by atoms with Crippen LogP contribution in [0.2, 0.25) is 0 Å². The van der Waals surface area contributed by atoms with Crippen LogP contribution in [-0.2, 0) is 0 Å².